The molecule has 0 atom stereocenters. The Morgan fingerprint density at radius 1 is 1.00 bits per heavy atom. The fourth-order valence-electron chi connectivity index (χ4n) is 3.78. The fourth-order valence-corrected chi connectivity index (χ4v) is 3.78. The molecule has 1 N–H and O–H groups in total. The number of nitrogens with zero attached hydrogens (tertiary/aromatic N) is 2. The van der Waals surface area contributed by atoms with E-state index in [2.05, 4.69) is 5.32 Å². The first kappa shape index (κ1) is 18.5. The zero-order valence-corrected chi connectivity index (χ0v) is 15.6. The first-order valence-electron chi connectivity index (χ1n) is 9.66. The number of methoxy groups -OCH3 is 1. The second kappa shape index (κ2) is 8.92. The normalized spacial score (nSPS) is 19.0. The molecule has 3 rings (SSSR count). The summed E-state index contributed by atoms with van der Waals surface area (Å²) < 4.78 is 5.21. The van der Waals surface area contributed by atoms with Gasteiger partial charge in [-0.15, -0.1) is 0 Å². The second-order valence-corrected chi connectivity index (χ2v) is 7.15. The Kier molecular flexibility index (Phi) is 6.36. The van der Waals surface area contributed by atoms with Gasteiger partial charge in [0, 0.05) is 37.8 Å². The molecular formula is C20H29N3O3. The third kappa shape index (κ3) is 4.68. The Bertz CT molecular complexity index is 628. The molecule has 6 heteroatoms. The van der Waals surface area contributed by atoms with E-state index in [1.54, 1.807) is 13.2 Å². The molecule has 1 aromatic rings. The van der Waals surface area contributed by atoms with Gasteiger partial charge in [0.1, 0.15) is 5.75 Å². The van der Waals surface area contributed by atoms with Crippen molar-refractivity contribution < 1.29 is 14.3 Å². The zero-order valence-electron chi connectivity index (χ0n) is 15.6. The van der Waals surface area contributed by atoms with E-state index in [-0.39, 0.29) is 11.9 Å². The first-order valence-corrected chi connectivity index (χ1v) is 9.66. The Morgan fingerprint density at radius 3 is 2.50 bits per heavy atom. The molecule has 2 aliphatic rings. The van der Waals surface area contributed by atoms with Crippen LogP contribution in [0.5, 0.6) is 5.75 Å². The summed E-state index contributed by atoms with van der Waals surface area (Å²) in [5.74, 6) is 0.678. The number of hydrogen-bond donors (Lipinski definition) is 1. The van der Waals surface area contributed by atoms with Crippen LogP contribution in [0.4, 0.5) is 4.79 Å². The summed E-state index contributed by atoms with van der Waals surface area (Å²) in [5.41, 5.74) is 0.629. The van der Waals surface area contributed by atoms with Crippen LogP contribution in [0.25, 0.3) is 0 Å². The van der Waals surface area contributed by atoms with Gasteiger partial charge in [0.25, 0.3) is 5.91 Å². The van der Waals surface area contributed by atoms with Crippen LogP contribution in [0.15, 0.2) is 24.3 Å². The van der Waals surface area contributed by atoms with Gasteiger partial charge in [-0.25, -0.2) is 4.79 Å². The Hall–Kier alpha value is -2.24. The van der Waals surface area contributed by atoms with Crippen LogP contribution in [0.2, 0.25) is 0 Å². The number of carbonyl (C=O) groups is 2. The van der Waals surface area contributed by atoms with E-state index in [0.29, 0.717) is 43.5 Å². The van der Waals surface area contributed by atoms with Crippen molar-refractivity contribution in [1.82, 2.24) is 15.1 Å². The molecule has 26 heavy (non-hydrogen) atoms. The van der Waals surface area contributed by atoms with E-state index < -0.39 is 0 Å². The van der Waals surface area contributed by atoms with Gasteiger partial charge in [-0.1, -0.05) is 25.3 Å². The van der Waals surface area contributed by atoms with Crippen LogP contribution < -0.4 is 10.1 Å². The predicted molar refractivity (Wildman–Crippen MR) is 100 cm³/mol. The van der Waals surface area contributed by atoms with Crippen LogP contribution in [-0.2, 0) is 0 Å². The zero-order chi connectivity index (χ0) is 18.4. The molecule has 1 heterocycles. The quantitative estimate of drug-likeness (QED) is 0.903. The number of amides is 3. The summed E-state index contributed by atoms with van der Waals surface area (Å²) in [7, 11) is 1.60. The summed E-state index contributed by atoms with van der Waals surface area (Å²) in [4.78, 5) is 29.0. The van der Waals surface area contributed by atoms with Crippen molar-refractivity contribution in [2.24, 2.45) is 0 Å². The van der Waals surface area contributed by atoms with Crippen molar-refractivity contribution in [2.75, 3.05) is 33.3 Å². The SMILES string of the molecule is COc1cccc(C(=O)N2CCCN(C(=O)NC3CCCCC3)CC2)c1. The van der Waals surface area contributed by atoms with E-state index >= 15 is 0 Å². The highest BCUT2D eigenvalue weighted by Gasteiger charge is 2.24. The minimum absolute atomic E-state index is 0.00145. The average Bonchev–Trinajstić information content (AvgIpc) is 2.94. The highest BCUT2D eigenvalue weighted by atomic mass is 16.5. The fraction of sp³-hybridized carbons (Fsp3) is 0.600. The Labute approximate surface area is 155 Å². The summed E-state index contributed by atoms with van der Waals surface area (Å²) in [6.45, 7) is 2.51. The highest BCUT2D eigenvalue weighted by molar-refractivity contribution is 5.94. The maximum Gasteiger partial charge on any atom is 0.317 e. The lowest BCUT2D eigenvalue weighted by atomic mass is 9.96. The highest BCUT2D eigenvalue weighted by Crippen LogP contribution is 2.18. The molecule has 2 fully saturated rings. The van der Waals surface area contributed by atoms with Gasteiger partial charge in [-0.05, 0) is 37.5 Å². The molecule has 1 saturated heterocycles. The summed E-state index contributed by atoms with van der Waals surface area (Å²) >= 11 is 0. The van der Waals surface area contributed by atoms with Gasteiger partial charge < -0.3 is 19.9 Å². The third-order valence-corrected chi connectivity index (χ3v) is 5.32. The summed E-state index contributed by atoms with van der Waals surface area (Å²) in [5, 5.41) is 3.17. The molecule has 1 aliphatic heterocycles. The molecule has 1 saturated carbocycles. The van der Waals surface area contributed by atoms with Crippen molar-refractivity contribution in [3.63, 3.8) is 0 Å². The monoisotopic (exact) mass is 359 g/mol. The van der Waals surface area contributed by atoms with E-state index in [4.69, 9.17) is 4.74 Å². The number of carbonyl (C=O) groups excluding carboxylic acids is 2. The van der Waals surface area contributed by atoms with Gasteiger partial charge in [0.15, 0.2) is 0 Å². The van der Waals surface area contributed by atoms with Gasteiger partial charge in [-0.3, -0.25) is 4.79 Å². The average molecular weight is 359 g/mol. The second-order valence-electron chi connectivity index (χ2n) is 7.15. The van der Waals surface area contributed by atoms with Crippen molar-refractivity contribution in [2.45, 2.75) is 44.6 Å². The molecule has 0 unspecified atom stereocenters. The molecule has 0 aromatic heterocycles. The molecule has 1 aromatic carbocycles. The smallest absolute Gasteiger partial charge is 0.317 e. The van der Waals surface area contributed by atoms with Gasteiger partial charge in [-0.2, -0.15) is 0 Å². The van der Waals surface area contributed by atoms with Gasteiger partial charge in [0.2, 0.25) is 0 Å². The Balaban J connectivity index is 1.55. The number of nitrogens with one attached hydrogen (secondary N) is 1. The van der Waals surface area contributed by atoms with Crippen LogP contribution in [-0.4, -0.2) is 61.1 Å². The summed E-state index contributed by atoms with van der Waals surface area (Å²) in [6.07, 6.45) is 6.65. The minimum atomic E-state index is -0.00145. The lowest BCUT2D eigenvalue weighted by Gasteiger charge is -2.27. The number of rotatable bonds is 3. The largest absolute Gasteiger partial charge is 0.497 e. The lowest BCUT2D eigenvalue weighted by Crippen LogP contribution is -2.46. The van der Waals surface area contributed by atoms with E-state index in [0.717, 1.165) is 19.3 Å². The maximum absolute atomic E-state index is 12.8. The number of hydrogen-bond acceptors (Lipinski definition) is 3. The minimum Gasteiger partial charge on any atom is -0.497 e. The van der Waals surface area contributed by atoms with Crippen molar-refractivity contribution in [1.29, 1.82) is 0 Å². The standard InChI is InChI=1S/C20H29N3O3/c1-26-18-10-5-7-16(15-18)19(24)22-11-6-12-23(14-13-22)20(25)21-17-8-3-2-4-9-17/h5,7,10,15,17H,2-4,6,8-9,11-14H2,1H3,(H,21,25). The molecule has 3 amide bonds. The summed E-state index contributed by atoms with van der Waals surface area (Å²) in [6, 6.07) is 7.57. The van der Waals surface area contributed by atoms with Crippen molar-refractivity contribution in [3.8, 4) is 5.75 Å². The van der Waals surface area contributed by atoms with E-state index in [1.807, 2.05) is 28.0 Å². The van der Waals surface area contributed by atoms with Crippen LogP contribution >= 0.6 is 0 Å². The lowest BCUT2D eigenvalue weighted by molar-refractivity contribution is 0.0761. The van der Waals surface area contributed by atoms with Crippen LogP contribution in [0.1, 0.15) is 48.9 Å². The molecular weight excluding hydrogens is 330 g/mol. The Morgan fingerprint density at radius 2 is 1.73 bits per heavy atom. The first-order chi connectivity index (χ1) is 12.7. The predicted octanol–water partition coefficient (Wildman–Crippen LogP) is 2.89. The number of benzene rings is 1. The number of ether oxygens (including phenoxy) is 1. The molecule has 142 valence electrons. The van der Waals surface area contributed by atoms with Gasteiger partial charge >= 0.3 is 6.03 Å². The maximum atomic E-state index is 12.8. The van der Waals surface area contributed by atoms with E-state index in [9.17, 15) is 9.59 Å². The molecule has 1 aliphatic carbocycles. The van der Waals surface area contributed by atoms with Gasteiger partial charge in [0.05, 0.1) is 7.11 Å². The molecule has 0 spiro atoms. The molecule has 6 nitrogen and oxygen atoms in total. The third-order valence-electron chi connectivity index (χ3n) is 5.32. The molecule has 0 radical (unpaired) electrons. The number of urea groups is 1. The van der Waals surface area contributed by atoms with Crippen LogP contribution in [0.3, 0.4) is 0 Å². The topological polar surface area (TPSA) is 61.9 Å². The van der Waals surface area contributed by atoms with Crippen molar-refractivity contribution in [3.05, 3.63) is 29.8 Å². The van der Waals surface area contributed by atoms with E-state index in [1.165, 1.54) is 19.3 Å². The van der Waals surface area contributed by atoms with Crippen molar-refractivity contribution >= 4 is 11.9 Å². The molecule has 0 bridgehead atoms. The van der Waals surface area contributed by atoms with Crippen LogP contribution in [0, 0.1) is 0 Å².